The quantitative estimate of drug-likeness (QED) is 0.0499. The van der Waals surface area contributed by atoms with Crippen molar-refractivity contribution in [2.24, 2.45) is 0 Å². The Morgan fingerprint density at radius 1 is 0.831 bits per heavy atom. The van der Waals surface area contributed by atoms with Gasteiger partial charge in [0, 0.05) is 28.3 Å². The molecule has 6 rings (SSSR count). The van der Waals surface area contributed by atoms with Gasteiger partial charge in [0.15, 0.2) is 23.9 Å². The molecule has 7 N–H and O–H groups in total. The summed E-state index contributed by atoms with van der Waals surface area (Å²) in [5.74, 6) is -8.43. The van der Waals surface area contributed by atoms with Gasteiger partial charge in [-0.05, 0) is 56.8 Å². The molecule has 350 valence electrons. The number of aryl methyl sites for hydroxylation is 1. The highest BCUT2D eigenvalue weighted by molar-refractivity contribution is 6.31. The molecule has 2 aliphatic carbocycles. The molecule has 3 aromatic carbocycles. The van der Waals surface area contributed by atoms with Gasteiger partial charge in [-0.3, -0.25) is 14.4 Å². The van der Waals surface area contributed by atoms with Crippen LogP contribution in [0.25, 0.3) is 11.1 Å². The number of esters is 3. The number of carbonyl (C=O) groups excluding carboxylic acids is 6. The number of aromatic hydroxyl groups is 3. The molecule has 0 radical (unpaired) electrons. The topological polar surface area (TPSA) is 313 Å². The van der Waals surface area contributed by atoms with E-state index in [1.807, 2.05) is 0 Å². The number of nitrogens with zero attached hydrogens (tertiary/aromatic N) is 1. The average Bonchev–Trinajstić information content (AvgIpc) is 3.27. The van der Waals surface area contributed by atoms with Crippen LogP contribution in [0.15, 0.2) is 24.3 Å². The third-order valence-corrected chi connectivity index (χ3v) is 11.4. The van der Waals surface area contributed by atoms with Gasteiger partial charge in [0.2, 0.25) is 0 Å². The Morgan fingerprint density at radius 2 is 1.46 bits per heavy atom. The number of amides is 1. The number of phenolic OH excluding ortho intramolecular Hbond substituents is 3. The van der Waals surface area contributed by atoms with E-state index in [2.05, 4.69) is 14.8 Å². The van der Waals surface area contributed by atoms with Crippen LogP contribution in [0.2, 0.25) is 0 Å². The van der Waals surface area contributed by atoms with E-state index in [4.69, 9.17) is 28.4 Å². The zero-order valence-electron chi connectivity index (χ0n) is 36.3. The third kappa shape index (κ3) is 8.57. The second-order valence-corrected chi connectivity index (χ2v) is 15.5. The van der Waals surface area contributed by atoms with Gasteiger partial charge >= 0.3 is 17.9 Å². The van der Waals surface area contributed by atoms with Crippen molar-refractivity contribution >= 4 is 35.4 Å². The average molecular weight is 913 g/mol. The number of fused-ring (bicyclic) bond motifs is 5. The first-order valence-corrected chi connectivity index (χ1v) is 19.8. The van der Waals surface area contributed by atoms with Gasteiger partial charge in [0.05, 0.1) is 63.9 Å². The van der Waals surface area contributed by atoms with Gasteiger partial charge in [0.25, 0.3) is 12.2 Å². The van der Waals surface area contributed by atoms with Crippen LogP contribution in [0, 0.1) is 6.92 Å². The Labute approximate surface area is 370 Å². The van der Waals surface area contributed by atoms with Crippen molar-refractivity contribution in [3.63, 3.8) is 0 Å². The molecule has 1 fully saturated rings. The van der Waals surface area contributed by atoms with Gasteiger partial charge in [-0.25, -0.2) is 14.4 Å². The maximum Gasteiger partial charge on any atom is 0.363 e. The van der Waals surface area contributed by atoms with E-state index < -0.39 is 154 Å². The number of hydrogen-bond donors (Lipinski definition) is 7. The van der Waals surface area contributed by atoms with E-state index in [-0.39, 0.29) is 28.0 Å². The van der Waals surface area contributed by atoms with Crippen LogP contribution < -0.4 is 10.1 Å². The smallest absolute Gasteiger partial charge is 0.363 e. The first-order valence-electron chi connectivity index (χ1n) is 19.8. The molecule has 9 atom stereocenters. The molecular formula is C43H48N2O20. The first-order chi connectivity index (χ1) is 30.8. The van der Waals surface area contributed by atoms with E-state index in [1.54, 1.807) is 25.9 Å². The Balaban J connectivity index is 1.52. The van der Waals surface area contributed by atoms with Crippen molar-refractivity contribution in [1.29, 1.82) is 0 Å². The van der Waals surface area contributed by atoms with E-state index in [0.29, 0.717) is 0 Å². The minimum atomic E-state index is -1.94. The molecule has 1 aliphatic heterocycles. The van der Waals surface area contributed by atoms with Gasteiger partial charge < -0.3 is 78.8 Å². The van der Waals surface area contributed by atoms with Crippen molar-refractivity contribution in [3.05, 3.63) is 68.8 Å². The number of likely N-dealkylation sites (N-methyl/N-ethyl adjacent to an activating group) is 1. The summed E-state index contributed by atoms with van der Waals surface area (Å²) in [5, 5.41) is 71.5. The molecule has 0 aromatic heterocycles. The Hall–Kier alpha value is -6.24. The highest BCUT2D eigenvalue weighted by Crippen LogP contribution is 2.57. The van der Waals surface area contributed by atoms with Crippen molar-refractivity contribution in [3.8, 4) is 34.1 Å². The van der Waals surface area contributed by atoms with Crippen molar-refractivity contribution in [2.45, 2.75) is 69.0 Å². The summed E-state index contributed by atoms with van der Waals surface area (Å²) >= 11 is 0. The largest absolute Gasteiger partial charge is 0.507 e. The summed E-state index contributed by atoms with van der Waals surface area (Å²) in [7, 11) is 7.64. The highest BCUT2D eigenvalue weighted by atomic mass is 16.7. The Bertz CT molecular complexity index is 2430. The van der Waals surface area contributed by atoms with E-state index in [1.165, 1.54) is 26.2 Å². The molecule has 3 unspecified atom stereocenters. The summed E-state index contributed by atoms with van der Waals surface area (Å²) in [6.45, 7) is 1.29. The molecule has 3 aromatic rings. The minimum Gasteiger partial charge on any atom is -0.507 e. The van der Waals surface area contributed by atoms with E-state index in [0.717, 1.165) is 33.5 Å². The standard InChI is InChI=1S/C43H48N2O20/c1-15-9-21-28(34(52)25(15)39(55)44-22(13-46)40(56)60-7)27-19(12-20-29(35(27)53)32(50)18-10-17(58-5)11-23(47)26(18)31(20)49)33(51)37(21)64-42-36(54)38(30(45(3)4)16(2)63-42)65-43(41(57)61-8)62-14-24(48)59-6/h9-12,16,22,30,33,36-38,42-43,46-47,51-54H,13-14H2,1-8H3,(H,44,55)/t16?,22-,30-,33+,36-,37-,38?,42-,43?/m1/s1. The monoisotopic (exact) mass is 912 g/mol. The summed E-state index contributed by atoms with van der Waals surface area (Å²) in [6, 6.07) is 2.16. The number of phenols is 3. The van der Waals surface area contributed by atoms with Crippen molar-refractivity contribution < 1.29 is 97.3 Å². The first kappa shape index (κ1) is 48.2. The molecular weight excluding hydrogens is 864 g/mol. The van der Waals surface area contributed by atoms with Crippen LogP contribution in [0.4, 0.5) is 0 Å². The molecule has 22 heteroatoms. The third-order valence-electron chi connectivity index (χ3n) is 11.4. The number of ketones is 2. The molecule has 1 saturated heterocycles. The van der Waals surface area contributed by atoms with Gasteiger partial charge in [-0.15, -0.1) is 0 Å². The summed E-state index contributed by atoms with van der Waals surface area (Å²) in [5.41, 5.74) is -3.70. The van der Waals surface area contributed by atoms with Crippen LogP contribution in [0.5, 0.6) is 23.0 Å². The molecule has 1 heterocycles. The Morgan fingerprint density at radius 3 is 2.06 bits per heavy atom. The zero-order valence-corrected chi connectivity index (χ0v) is 36.3. The number of nitrogens with one attached hydrogen (secondary N) is 1. The number of ether oxygens (including phenoxy) is 8. The number of carbonyl (C=O) groups is 6. The fourth-order valence-corrected chi connectivity index (χ4v) is 8.37. The molecule has 22 nitrogen and oxygen atoms in total. The molecule has 0 bridgehead atoms. The fourth-order valence-electron chi connectivity index (χ4n) is 8.37. The van der Waals surface area contributed by atoms with Crippen LogP contribution in [-0.2, 0) is 47.5 Å². The number of aliphatic hydroxyl groups is 3. The predicted molar refractivity (Wildman–Crippen MR) is 217 cm³/mol. The van der Waals surface area contributed by atoms with Gasteiger partial charge in [-0.2, -0.15) is 0 Å². The number of rotatable bonds is 14. The Kier molecular flexibility index (Phi) is 14.2. The summed E-state index contributed by atoms with van der Waals surface area (Å²) < 4.78 is 43.1. The number of hydrogen-bond acceptors (Lipinski definition) is 21. The van der Waals surface area contributed by atoms with E-state index in [9.17, 15) is 59.4 Å². The molecule has 0 spiro atoms. The maximum absolute atomic E-state index is 14.2. The summed E-state index contributed by atoms with van der Waals surface area (Å²) in [4.78, 5) is 80.8. The second-order valence-electron chi connectivity index (χ2n) is 15.5. The van der Waals surface area contributed by atoms with Gasteiger partial charge in [-0.1, -0.05) is 6.07 Å². The normalized spacial score (nSPS) is 23.0. The van der Waals surface area contributed by atoms with Crippen LogP contribution in [0.3, 0.4) is 0 Å². The lowest BCUT2D eigenvalue weighted by molar-refractivity contribution is -0.323. The SMILES string of the molecule is COC(=O)COC(OC1[C@H](N(C)C)C(C)O[C@H](O[C@@H]2c3cc(C)c(C(=O)N[C@H](CO)C(=O)OC)c(O)c3-c3c(cc4c(c3O)C(=O)c3cc(OC)cc(O)c3C4=O)[C@@H]2O)[C@@H]1O)C(=O)OC. The lowest BCUT2D eigenvalue weighted by Gasteiger charge is -2.47. The molecule has 65 heavy (non-hydrogen) atoms. The minimum absolute atomic E-state index is 0.00138. The lowest BCUT2D eigenvalue weighted by atomic mass is 9.74. The van der Waals surface area contributed by atoms with Crippen molar-refractivity contribution in [1.82, 2.24) is 10.2 Å². The maximum atomic E-state index is 14.2. The van der Waals surface area contributed by atoms with Gasteiger partial charge in [0.1, 0.15) is 54.0 Å². The molecule has 3 aliphatic rings. The van der Waals surface area contributed by atoms with E-state index >= 15 is 0 Å². The number of aliphatic hydroxyl groups excluding tert-OH is 3. The zero-order chi connectivity index (χ0) is 47.9. The fraction of sp³-hybridized carbons (Fsp3) is 0.442. The molecule has 0 saturated carbocycles. The van der Waals surface area contributed by atoms with Crippen molar-refractivity contribution in [2.75, 3.05) is 55.7 Å². The number of benzene rings is 3. The highest BCUT2D eigenvalue weighted by Gasteiger charge is 2.51. The van der Waals surface area contributed by atoms with Crippen LogP contribution >= 0.6 is 0 Å². The lowest BCUT2D eigenvalue weighted by Crippen LogP contribution is -2.64. The second kappa shape index (κ2) is 19.1. The number of methoxy groups -OCH3 is 4. The van der Waals surface area contributed by atoms with Crippen LogP contribution in [-0.4, -0.2) is 170 Å². The predicted octanol–water partition coefficient (Wildman–Crippen LogP) is 0.0410. The molecule has 1 amide bonds. The summed E-state index contributed by atoms with van der Waals surface area (Å²) in [6.07, 6.45) is -11.5. The van der Waals surface area contributed by atoms with Crippen LogP contribution in [0.1, 0.15) is 78.0 Å².